The lowest BCUT2D eigenvalue weighted by molar-refractivity contribution is -0.123. The summed E-state index contributed by atoms with van der Waals surface area (Å²) in [4.78, 5) is 28.7. The highest BCUT2D eigenvalue weighted by atomic mass is 19.1. The number of hydrogen-bond donors (Lipinski definition) is 1. The fourth-order valence-corrected chi connectivity index (χ4v) is 2.51. The van der Waals surface area contributed by atoms with Gasteiger partial charge in [-0.05, 0) is 39.0 Å². The van der Waals surface area contributed by atoms with Crippen LogP contribution in [-0.4, -0.2) is 32.7 Å². The van der Waals surface area contributed by atoms with Gasteiger partial charge in [0.05, 0.1) is 17.4 Å². The molecule has 1 N–H and O–H groups in total. The van der Waals surface area contributed by atoms with Gasteiger partial charge < -0.3 is 10.1 Å². The number of benzene rings is 1. The number of anilines is 1. The minimum absolute atomic E-state index is 0.0228. The minimum atomic E-state index is -1.11. The molecule has 0 fully saturated rings. The first-order valence-corrected chi connectivity index (χ1v) is 8.46. The Morgan fingerprint density at radius 2 is 1.93 bits per heavy atom. The van der Waals surface area contributed by atoms with E-state index in [1.165, 1.54) is 31.3 Å². The number of fused-ring (bicyclic) bond motifs is 1. The van der Waals surface area contributed by atoms with Crippen LogP contribution in [0.25, 0.3) is 11.0 Å². The molecular formula is C19H19FN4O3. The van der Waals surface area contributed by atoms with Crippen LogP contribution < -0.4 is 5.32 Å². The van der Waals surface area contributed by atoms with Crippen molar-refractivity contribution in [3.8, 4) is 0 Å². The molecule has 1 unspecified atom stereocenters. The third-order valence-electron chi connectivity index (χ3n) is 3.94. The largest absolute Gasteiger partial charge is 0.449 e. The number of rotatable bonds is 5. The van der Waals surface area contributed by atoms with Gasteiger partial charge in [-0.15, -0.1) is 0 Å². The van der Waals surface area contributed by atoms with Crippen molar-refractivity contribution < 1.29 is 18.7 Å². The Balaban J connectivity index is 1.70. The summed E-state index contributed by atoms with van der Waals surface area (Å²) in [5, 5.41) is 7.33. The van der Waals surface area contributed by atoms with Crippen LogP contribution in [-0.2, 0) is 9.53 Å². The number of para-hydroxylation sites is 1. The number of carbonyl (C=O) groups is 2. The molecule has 27 heavy (non-hydrogen) atoms. The predicted octanol–water partition coefficient (Wildman–Crippen LogP) is 3.34. The number of halogens is 1. The second-order valence-corrected chi connectivity index (χ2v) is 6.34. The van der Waals surface area contributed by atoms with Crippen molar-refractivity contribution in [3.05, 3.63) is 54.1 Å². The summed E-state index contributed by atoms with van der Waals surface area (Å²) >= 11 is 0. The molecule has 1 atom stereocenters. The Labute approximate surface area is 155 Å². The van der Waals surface area contributed by atoms with Gasteiger partial charge in [0.15, 0.2) is 11.8 Å². The molecule has 0 bridgehead atoms. The second-order valence-electron chi connectivity index (χ2n) is 6.34. The third kappa shape index (κ3) is 3.94. The first-order chi connectivity index (χ1) is 12.9. The van der Waals surface area contributed by atoms with Gasteiger partial charge in [-0.3, -0.25) is 4.79 Å². The summed E-state index contributed by atoms with van der Waals surface area (Å²) in [7, 11) is 0. The number of ether oxygens (including phenoxy) is 1. The number of esters is 1. The Bertz CT molecular complexity index is 1000. The molecule has 2 heterocycles. The van der Waals surface area contributed by atoms with Crippen LogP contribution in [0.5, 0.6) is 0 Å². The van der Waals surface area contributed by atoms with Crippen LogP contribution in [0.3, 0.4) is 0 Å². The van der Waals surface area contributed by atoms with Gasteiger partial charge in [-0.2, -0.15) is 5.10 Å². The van der Waals surface area contributed by atoms with Crippen molar-refractivity contribution in [1.29, 1.82) is 0 Å². The molecule has 0 spiro atoms. The molecule has 0 aliphatic carbocycles. The number of nitrogens with zero attached hydrogens (tertiary/aromatic N) is 3. The molecule has 2 aromatic heterocycles. The van der Waals surface area contributed by atoms with E-state index >= 15 is 0 Å². The zero-order valence-electron chi connectivity index (χ0n) is 15.1. The molecule has 8 heteroatoms. The molecular weight excluding hydrogens is 351 g/mol. The van der Waals surface area contributed by atoms with E-state index in [0.29, 0.717) is 11.0 Å². The topological polar surface area (TPSA) is 86.1 Å². The van der Waals surface area contributed by atoms with Gasteiger partial charge in [0.1, 0.15) is 5.82 Å². The van der Waals surface area contributed by atoms with Crippen molar-refractivity contribution >= 4 is 28.6 Å². The van der Waals surface area contributed by atoms with Crippen molar-refractivity contribution in [2.75, 3.05) is 5.32 Å². The van der Waals surface area contributed by atoms with E-state index in [0.717, 1.165) is 0 Å². The van der Waals surface area contributed by atoms with Crippen LogP contribution in [0.15, 0.2) is 42.7 Å². The van der Waals surface area contributed by atoms with E-state index in [2.05, 4.69) is 15.4 Å². The van der Waals surface area contributed by atoms with Gasteiger partial charge in [-0.1, -0.05) is 12.1 Å². The van der Waals surface area contributed by atoms with Gasteiger partial charge in [-0.25, -0.2) is 18.9 Å². The number of carbonyl (C=O) groups excluding carboxylic acids is 2. The Morgan fingerprint density at radius 1 is 1.19 bits per heavy atom. The standard InChI is InChI=1S/C19H19FN4O3/c1-11(2)24-17-13(10-22-24)8-14(9-21-17)19(26)27-12(3)18(25)23-16-7-5-4-6-15(16)20/h4-12H,1-3H3,(H,23,25). The van der Waals surface area contributed by atoms with E-state index < -0.39 is 23.8 Å². The van der Waals surface area contributed by atoms with Crippen molar-refractivity contribution in [3.63, 3.8) is 0 Å². The maximum Gasteiger partial charge on any atom is 0.340 e. The first-order valence-electron chi connectivity index (χ1n) is 8.46. The van der Waals surface area contributed by atoms with Crippen molar-refractivity contribution in [1.82, 2.24) is 14.8 Å². The predicted molar refractivity (Wildman–Crippen MR) is 97.8 cm³/mol. The quantitative estimate of drug-likeness (QED) is 0.696. The van der Waals surface area contributed by atoms with Crippen molar-refractivity contribution in [2.45, 2.75) is 32.9 Å². The smallest absolute Gasteiger partial charge is 0.340 e. The average molecular weight is 370 g/mol. The molecule has 0 saturated carbocycles. The molecule has 0 saturated heterocycles. The van der Waals surface area contributed by atoms with Crippen LogP contribution in [0.2, 0.25) is 0 Å². The van der Waals surface area contributed by atoms with E-state index in [4.69, 9.17) is 4.74 Å². The van der Waals surface area contributed by atoms with E-state index in [1.807, 2.05) is 13.8 Å². The second kappa shape index (κ2) is 7.53. The summed E-state index contributed by atoms with van der Waals surface area (Å²) in [5.74, 6) is -1.89. The number of amides is 1. The normalized spacial score (nSPS) is 12.2. The summed E-state index contributed by atoms with van der Waals surface area (Å²) in [6.07, 6.45) is 1.89. The fraction of sp³-hybridized carbons (Fsp3) is 0.263. The maximum atomic E-state index is 13.6. The van der Waals surface area contributed by atoms with Crippen LogP contribution in [0, 0.1) is 5.82 Å². The molecule has 140 valence electrons. The van der Waals surface area contributed by atoms with E-state index in [1.54, 1.807) is 23.0 Å². The lowest BCUT2D eigenvalue weighted by Gasteiger charge is -2.14. The Morgan fingerprint density at radius 3 is 2.63 bits per heavy atom. The van der Waals surface area contributed by atoms with Crippen LogP contribution in [0.4, 0.5) is 10.1 Å². The van der Waals surface area contributed by atoms with Crippen LogP contribution in [0.1, 0.15) is 37.2 Å². The third-order valence-corrected chi connectivity index (χ3v) is 3.94. The highest BCUT2D eigenvalue weighted by Gasteiger charge is 2.21. The number of pyridine rings is 1. The fourth-order valence-electron chi connectivity index (χ4n) is 2.51. The summed E-state index contributed by atoms with van der Waals surface area (Å²) in [6.45, 7) is 5.37. The molecule has 1 amide bonds. The summed E-state index contributed by atoms with van der Waals surface area (Å²) in [5.41, 5.74) is 0.887. The van der Waals surface area contributed by atoms with Gasteiger partial charge in [0.2, 0.25) is 0 Å². The number of nitrogens with one attached hydrogen (secondary N) is 1. The highest BCUT2D eigenvalue weighted by molar-refractivity contribution is 5.98. The lowest BCUT2D eigenvalue weighted by Crippen LogP contribution is -2.30. The summed E-state index contributed by atoms with van der Waals surface area (Å²) in [6, 6.07) is 7.50. The lowest BCUT2D eigenvalue weighted by atomic mass is 10.2. The van der Waals surface area contributed by atoms with Gasteiger partial charge in [0.25, 0.3) is 5.91 Å². The molecule has 0 radical (unpaired) electrons. The zero-order valence-corrected chi connectivity index (χ0v) is 15.1. The number of hydrogen-bond acceptors (Lipinski definition) is 5. The molecule has 0 aliphatic heterocycles. The highest BCUT2D eigenvalue weighted by Crippen LogP contribution is 2.18. The molecule has 3 aromatic rings. The summed E-state index contributed by atoms with van der Waals surface area (Å²) < 4.78 is 20.5. The molecule has 3 rings (SSSR count). The SMILES string of the molecule is CC(OC(=O)c1cnc2c(cnn2C(C)C)c1)C(=O)Nc1ccccc1F. The monoisotopic (exact) mass is 370 g/mol. The minimum Gasteiger partial charge on any atom is -0.449 e. The Kier molecular flexibility index (Phi) is 5.16. The van der Waals surface area contributed by atoms with E-state index in [9.17, 15) is 14.0 Å². The molecule has 7 nitrogen and oxygen atoms in total. The number of aromatic nitrogens is 3. The maximum absolute atomic E-state index is 13.6. The Hall–Kier alpha value is -3.29. The zero-order chi connectivity index (χ0) is 19.6. The van der Waals surface area contributed by atoms with Crippen LogP contribution >= 0.6 is 0 Å². The molecule has 1 aromatic carbocycles. The van der Waals surface area contributed by atoms with Gasteiger partial charge >= 0.3 is 5.97 Å². The van der Waals surface area contributed by atoms with Crippen molar-refractivity contribution in [2.24, 2.45) is 0 Å². The average Bonchev–Trinajstić information content (AvgIpc) is 3.06. The molecule has 0 aliphatic rings. The van der Waals surface area contributed by atoms with Gasteiger partial charge in [0, 0.05) is 17.6 Å². The van der Waals surface area contributed by atoms with E-state index in [-0.39, 0.29) is 17.3 Å². The first kappa shape index (κ1) is 18.5.